The summed E-state index contributed by atoms with van der Waals surface area (Å²) in [6.07, 6.45) is 3.71. The van der Waals surface area contributed by atoms with E-state index >= 15 is 0 Å². The summed E-state index contributed by atoms with van der Waals surface area (Å²) < 4.78 is 2.06. The minimum absolute atomic E-state index is 0.0971. The van der Waals surface area contributed by atoms with Crippen LogP contribution in [0.1, 0.15) is 25.3 Å². The Kier molecular flexibility index (Phi) is 4.89. The molecular weight excluding hydrogens is 324 g/mol. The van der Waals surface area contributed by atoms with Gasteiger partial charge in [0.25, 0.3) is 0 Å². The van der Waals surface area contributed by atoms with Gasteiger partial charge >= 0.3 is 6.03 Å². The van der Waals surface area contributed by atoms with Gasteiger partial charge in [-0.1, -0.05) is 43.8 Å². The highest BCUT2D eigenvalue weighted by atomic mass is 32.2. The number of benzene rings is 1. The number of carbonyl (C=O) groups excluding carboxylic acids is 2. The molecule has 6 nitrogen and oxygen atoms in total. The molecule has 1 N–H and O–H groups in total. The minimum atomic E-state index is -0.311. The highest BCUT2D eigenvalue weighted by molar-refractivity contribution is 7.99. The highest BCUT2D eigenvalue weighted by Gasteiger charge is 2.27. The van der Waals surface area contributed by atoms with Crippen molar-refractivity contribution in [2.75, 3.05) is 18.8 Å². The van der Waals surface area contributed by atoms with Crippen LogP contribution >= 0.6 is 11.8 Å². The molecule has 0 radical (unpaired) electrons. The van der Waals surface area contributed by atoms with Crippen LogP contribution in [0.15, 0.2) is 41.8 Å². The first-order valence-electron chi connectivity index (χ1n) is 7.91. The largest absolute Gasteiger partial charge is 0.329 e. The van der Waals surface area contributed by atoms with E-state index in [9.17, 15) is 9.59 Å². The molecule has 0 aliphatic carbocycles. The molecule has 1 aliphatic rings. The third-order valence-electron chi connectivity index (χ3n) is 3.91. The number of urea groups is 1. The molecule has 1 aliphatic heterocycles. The second-order valence-electron chi connectivity index (χ2n) is 5.85. The van der Waals surface area contributed by atoms with Gasteiger partial charge in [0.1, 0.15) is 0 Å². The van der Waals surface area contributed by atoms with Gasteiger partial charge in [-0.3, -0.25) is 14.3 Å². The quantitative estimate of drug-likeness (QED) is 0.646. The fourth-order valence-electron chi connectivity index (χ4n) is 2.68. The molecular formula is C17H20N4O2S. The van der Waals surface area contributed by atoms with Crippen molar-refractivity contribution in [3.63, 3.8) is 0 Å². The lowest BCUT2D eigenvalue weighted by atomic mass is 10.0. The summed E-state index contributed by atoms with van der Waals surface area (Å²) in [5, 5.41) is 3.38. The molecule has 1 fully saturated rings. The van der Waals surface area contributed by atoms with Gasteiger partial charge in [0, 0.05) is 24.7 Å². The summed E-state index contributed by atoms with van der Waals surface area (Å²) in [6.45, 7) is 4.81. The molecule has 0 saturated carbocycles. The molecule has 0 unspecified atom stereocenters. The van der Waals surface area contributed by atoms with Crippen LogP contribution in [0.2, 0.25) is 0 Å². The highest BCUT2D eigenvalue weighted by Crippen LogP contribution is 2.27. The number of amides is 3. The molecule has 2 heterocycles. The van der Waals surface area contributed by atoms with E-state index < -0.39 is 0 Å². The van der Waals surface area contributed by atoms with E-state index in [-0.39, 0.29) is 18.5 Å². The van der Waals surface area contributed by atoms with Crippen LogP contribution in [-0.2, 0) is 4.79 Å². The van der Waals surface area contributed by atoms with Crippen LogP contribution in [0.25, 0.3) is 5.69 Å². The number of rotatable bonds is 6. The molecule has 3 amide bonds. The van der Waals surface area contributed by atoms with Crippen molar-refractivity contribution in [2.24, 2.45) is 0 Å². The number of hydrogen-bond acceptors (Lipinski definition) is 4. The van der Waals surface area contributed by atoms with Crippen LogP contribution in [0.3, 0.4) is 0 Å². The van der Waals surface area contributed by atoms with Gasteiger partial charge in [-0.2, -0.15) is 0 Å². The molecule has 1 aromatic carbocycles. The normalized spacial score (nSPS) is 14.5. The Bertz CT molecular complexity index is 741. The minimum Gasteiger partial charge on any atom is -0.329 e. The topological polar surface area (TPSA) is 67.2 Å². The Morgan fingerprint density at radius 2 is 2.08 bits per heavy atom. The van der Waals surface area contributed by atoms with Crippen molar-refractivity contribution < 1.29 is 9.59 Å². The summed E-state index contributed by atoms with van der Waals surface area (Å²) in [5.74, 6) is 0.849. The predicted octanol–water partition coefficient (Wildman–Crippen LogP) is 2.64. The molecule has 0 bridgehead atoms. The first-order chi connectivity index (χ1) is 11.6. The maximum absolute atomic E-state index is 11.6. The third kappa shape index (κ3) is 3.31. The van der Waals surface area contributed by atoms with E-state index in [0.717, 1.165) is 10.8 Å². The van der Waals surface area contributed by atoms with E-state index in [1.807, 2.05) is 18.3 Å². The molecule has 1 aromatic heterocycles. The number of carbonyl (C=O) groups is 2. The van der Waals surface area contributed by atoms with Gasteiger partial charge in [-0.15, -0.1) is 0 Å². The van der Waals surface area contributed by atoms with Crippen LogP contribution in [0.4, 0.5) is 4.79 Å². The Hall–Kier alpha value is -2.28. The Balaban J connectivity index is 1.72. The predicted molar refractivity (Wildman–Crippen MR) is 93.5 cm³/mol. The van der Waals surface area contributed by atoms with Gasteiger partial charge in [0.15, 0.2) is 5.16 Å². The van der Waals surface area contributed by atoms with Crippen molar-refractivity contribution in [1.82, 2.24) is 19.8 Å². The summed E-state index contributed by atoms with van der Waals surface area (Å²) in [5.41, 5.74) is 2.37. The Labute approximate surface area is 145 Å². The zero-order valence-corrected chi connectivity index (χ0v) is 14.5. The molecule has 126 valence electrons. The summed E-state index contributed by atoms with van der Waals surface area (Å²) in [4.78, 5) is 28.8. The lowest BCUT2D eigenvalue weighted by molar-refractivity contribution is -0.124. The Morgan fingerprint density at radius 3 is 2.79 bits per heavy atom. The summed E-state index contributed by atoms with van der Waals surface area (Å²) >= 11 is 1.54. The van der Waals surface area contributed by atoms with Gasteiger partial charge in [0.2, 0.25) is 5.91 Å². The second kappa shape index (κ2) is 7.09. The van der Waals surface area contributed by atoms with Crippen molar-refractivity contribution in [3.05, 3.63) is 42.2 Å². The van der Waals surface area contributed by atoms with Crippen LogP contribution < -0.4 is 5.32 Å². The van der Waals surface area contributed by atoms with Crippen LogP contribution in [0, 0.1) is 0 Å². The summed E-state index contributed by atoms with van der Waals surface area (Å²) in [6, 6.07) is 7.96. The molecule has 0 spiro atoms. The monoisotopic (exact) mass is 344 g/mol. The van der Waals surface area contributed by atoms with E-state index in [1.54, 1.807) is 6.20 Å². The van der Waals surface area contributed by atoms with E-state index in [4.69, 9.17) is 0 Å². The lowest BCUT2D eigenvalue weighted by Gasteiger charge is -2.16. The third-order valence-corrected chi connectivity index (χ3v) is 4.86. The van der Waals surface area contributed by atoms with Crippen molar-refractivity contribution in [2.45, 2.75) is 24.9 Å². The van der Waals surface area contributed by atoms with E-state index in [0.29, 0.717) is 18.2 Å². The molecule has 2 aromatic rings. The molecule has 1 saturated heterocycles. The van der Waals surface area contributed by atoms with Gasteiger partial charge in [-0.05, 0) is 17.5 Å². The number of imide groups is 1. The van der Waals surface area contributed by atoms with Crippen LogP contribution in [-0.4, -0.2) is 45.2 Å². The van der Waals surface area contributed by atoms with Crippen molar-refractivity contribution in [1.29, 1.82) is 0 Å². The van der Waals surface area contributed by atoms with E-state index in [1.165, 1.54) is 22.2 Å². The Morgan fingerprint density at radius 1 is 1.29 bits per heavy atom. The summed E-state index contributed by atoms with van der Waals surface area (Å²) in [7, 11) is 0. The average molecular weight is 344 g/mol. The number of nitrogens with one attached hydrogen (secondary N) is 1. The first-order valence-corrected chi connectivity index (χ1v) is 8.90. The van der Waals surface area contributed by atoms with Crippen molar-refractivity contribution >= 4 is 23.7 Å². The molecule has 7 heteroatoms. The van der Waals surface area contributed by atoms with E-state index in [2.05, 4.69) is 40.8 Å². The average Bonchev–Trinajstić information content (AvgIpc) is 3.16. The van der Waals surface area contributed by atoms with Gasteiger partial charge in [-0.25, -0.2) is 9.78 Å². The molecule has 24 heavy (non-hydrogen) atoms. The second-order valence-corrected chi connectivity index (χ2v) is 6.91. The number of para-hydroxylation sites is 1. The number of imidazole rings is 1. The smallest absolute Gasteiger partial charge is 0.324 e. The lowest BCUT2D eigenvalue weighted by Crippen LogP contribution is -2.32. The first kappa shape index (κ1) is 16.6. The van der Waals surface area contributed by atoms with Crippen LogP contribution in [0.5, 0.6) is 0 Å². The fourth-order valence-corrected chi connectivity index (χ4v) is 3.57. The molecule has 0 atom stereocenters. The van der Waals surface area contributed by atoms with Gasteiger partial charge < -0.3 is 5.32 Å². The number of nitrogens with zero attached hydrogens (tertiary/aromatic N) is 3. The zero-order chi connectivity index (χ0) is 17.1. The van der Waals surface area contributed by atoms with Gasteiger partial charge in [0.05, 0.1) is 12.2 Å². The zero-order valence-electron chi connectivity index (χ0n) is 13.7. The fraction of sp³-hybridized carbons (Fsp3) is 0.353. The number of hydrogen-bond donors (Lipinski definition) is 1. The standard InChI is InChI=1S/C17H20N4O2S/c1-12(2)13-5-3-4-6-14(13)20-8-7-18-17(20)24-10-9-21-15(22)11-19-16(21)23/h3-8,12H,9-11H2,1-2H3,(H,19,23). The number of thioether (sulfide) groups is 1. The van der Waals surface area contributed by atoms with Crippen molar-refractivity contribution in [3.8, 4) is 5.69 Å². The number of aromatic nitrogens is 2. The SMILES string of the molecule is CC(C)c1ccccc1-n1ccnc1SCCN1C(=O)CNC1=O. The molecule has 3 rings (SSSR count). The maximum Gasteiger partial charge on any atom is 0.324 e. The maximum atomic E-state index is 11.6.